The zero-order chi connectivity index (χ0) is 19.8. The van der Waals surface area contributed by atoms with E-state index < -0.39 is 0 Å². The van der Waals surface area contributed by atoms with Gasteiger partial charge < -0.3 is 18.9 Å². The van der Waals surface area contributed by atoms with E-state index in [-0.39, 0.29) is 0 Å². The number of methoxy groups -OCH3 is 4. The lowest BCUT2D eigenvalue weighted by Gasteiger charge is -2.15. The standard InChI is InChI=1S/C20H26O4S3/c1-21-17-7-15(19(23-3)5-13(17)9-25)11-27-12-16-8-18(22-2)14(10-26)6-20(16)24-4/h5-8,25-26H,9-12H2,1-4H3. The van der Waals surface area contributed by atoms with Crippen molar-refractivity contribution in [1.82, 2.24) is 0 Å². The summed E-state index contributed by atoms with van der Waals surface area (Å²) >= 11 is 10.5. The summed E-state index contributed by atoms with van der Waals surface area (Å²) in [7, 11) is 6.71. The predicted octanol–water partition coefficient (Wildman–Crippen LogP) is 5.01. The van der Waals surface area contributed by atoms with E-state index in [1.54, 1.807) is 40.2 Å². The third kappa shape index (κ3) is 5.36. The largest absolute Gasteiger partial charge is 0.496 e. The van der Waals surface area contributed by atoms with E-state index in [1.165, 1.54) is 0 Å². The molecule has 0 radical (unpaired) electrons. The number of thiol groups is 2. The van der Waals surface area contributed by atoms with Crippen molar-refractivity contribution in [1.29, 1.82) is 0 Å². The molecule has 0 aromatic heterocycles. The van der Waals surface area contributed by atoms with Crippen LogP contribution in [-0.4, -0.2) is 28.4 Å². The van der Waals surface area contributed by atoms with Crippen LogP contribution < -0.4 is 18.9 Å². The van der Waals surface area contributed by atoms with E-state index in [0.717, 1.165) is 56.8 Å². The molecule has 2 aromatic rings. The first-order valence-corrected chi connectivity index (χ1v) is 10.8. The van der Waals surface area contributed by atoms with Crippen LogP contribution in [0.4, 0.5) is 0 Å². The summed E-state index contributed by atoms with van der Waals surface area (Å²) in [4.78, 5) is 0. The molecule has 0 atom stereocenters. The van der Waals surface area contributed by atoms with E-state index in [0.29, 0.717) is 11.5 Å². The second-order valence-corrected chi connectivity index (χ2v) is 7.38. The highest BCUT2D eigenvalue weighted by Crippen LogP contribution is 2.36. The zero-order valence-corrected chi connectivity index (χ0v) is 18.7. The highest BCUT2D eigenvalue weighted by Gasteiger charge is 2.13. The van der Waals surface area contributed by atoms with Crippen LogP contribution in [0.25, 0.3) is 0 Å². The maximum atomic E-state index is 5.55. The lowest BCUT2D eigenvalue weighted by atomic mass is 10.1. The van der Waals surface area contributed by atoms with Crippen LogP contribution in [0, 0.1) is 0 Å². The van der Waals surface area contributed by atoms with E-state index in [2.05, 4.69) is 25.3 Å². The van der Waals surface area contributed by atoms with Crippen molar-refractivity contribution in [2.24, 2.45) is 0 Å². The van der Waals surface area contributed by atoms with Crippen molar-refractivity contribution < 1.29 is 18.9 Å². The molecule has 0 saturated carbocycles. The van der Waals surface area contributed by atoms with Crippen LogP contribution >= 0.6 is 37.0 Å². The Kier molecular flexibility index (Phi) is 8.86. The fourth-order valence-corrected chi connectivity index (χ4v) is 4.28. The van der Waals surface area contributed by atoms with Crippen molar-refractivity contribution >= 4 is 37.0 Å². The molecule has 2 aromatic carbocycles. The molecule has 0 spiro atoms. The van der Waals surface area contributed by atoms with Crippen molar-refractivity contribution in [2.75, 3.05) is 28.4 Å². The average Bonchev–Trinajstić information content (AvgIpc) is 2.72. The van der Waals surface area contributed by atoms with E-state index in [1.807, 2.05) is 24.3 Å². The summed E-state index contributed by atoms with van der Waals surface area (Å²) in [5.74, 6) is 6.13. The van der Waals surface area contributed by atoms with Crippen LogP contribution in [0.15, 0.2) is 24.3 Å². The van der Waals surface area contributed by atoms with Crippen LogP contribution in [0.3, 0.4) is 0 Å². The second kappa shape index (κ2) is 10.9. The van der Waals surface area contributed by atoms with Gasteiger partial charge in [0.1, 0.15) is 23.0 Å². The monoisotopic (exact) mass is 426 g/mol. The fourth-order valence-electron chi connectivity index (χ4n) is 2.79. The van der Waals surface area contributed by atoms with Crippen molar-refractivity contribution in [3.05, 3.63) is 46.5 Å². The zero-order valence-electron chi connectivity index (χ0n) is 16.1. The number of ether oxygens (including phenoxy) is 4. The molecule has 0 aliphatic heterocycles. The summed E-state index contributed by atoms with van der Waals surface area (Å²) in [5, 5.41) is 0. The summed E-state index contributed by atoms with van der Waals surface area (Å²) in [6.45, 7) is 0. The molecule has 0 saturated heterocycles. The van der Waals surface area contributed by atoms with Gasteiger partial charge in [0.05, 0.1) is 28.4 Å². The van der Waals surface area contributed by atoms with Gasteiger partial charge in [0, 0.05) is 45.3 Å². The Hall–Kier alpha value is -1.31. The molecule has 0 bridgehead atoms. The first kappa shape index (κ1) is 22.0. The minimum atomic E-state index is 0.599. The second-order valence-electron chi connectivity index (χ2n) is 5.76. The lowest BCUT2D eigenvalue weighted by Crippen LogP contribution is -1.98. The predicted molar refractivity (Wildman–Crippen MR) is 119 cm³/mol. The molecule has 148 valence electrons. The molecule has 0 aliphatic rings. The van der Waals surface area contributed by atoms with Crippen LogP contribution in [0.1, 0.15) is 22.3 Å². The highest BCUT2D eigenvalue weighted by molar-refractivity contribution is 7.97. The van der Waals surface area contributed by atoms with Gasteiger partial charge in [-0.2, -0.15) is 37.0 Å². The normalized spacial score (nSPS) is 10.6. The average molecular weight is 427 g/mol. The molecule has 7 heteroatoms. The minimum absolute atomic E-state index is 0.599. The van der Waals surface area contributed by atoms with Gasteiger partial charge in [0.25, 0.3) is 0 Å². The van der Waals surface area contributed by atoms with Gasteiger partial charge in [-0.15, -0.1) is 0 Å². The Labute approximate surface area is 176 Å². The Bertz CT molecular complexity index is 702. The number of thioether (sulfide) groups is 1. The minimum Gasteiger partial charge on any atom is -0.496 e. The van der Waals surface area contributed by atoms with Gasteiger partial charge in [0.2, 0.25) is 0 Å². The van der Waals surface area contributed by atoms with E-state index >= 15 is 0 Å². The Morgan fingerprint density at radius 1 is 0.593 bits per heavy atom. The third-order valence-electron chi connectivity index (χ3n) is 4.22. The van der Waals surface area contributed by atoms with Gasteiger partial charge in [-0.05, 0) is 24.3 Å². The van der Waals surface area contributed by atoms with Crippen LogP contribution in [0.5, 0.6) is 23.0 Å². The molecular formula is C20H26O4S3. The fraction of sp³-hybridized carbons (Fsp3) is 0.400. The Balaban J connectivity index is 2.18. The maximum absolute atomic E-state index is 5.55. The molecule has 4 nitrogen and oxygen atoms in total. The Morgan fingerprint density at radius 2 is 0.889 bits per heavy atom. The molecular weight excluding hydrogens is 400 g/mol. The van der Waals surface area contributed by atoms with Gasteiger partial charge >= 0.3 is 0 Å². The van der Waals surface area contributed by atoms with Crippen molar-refractivity contribution in [2.45, 2.75) is 23.0 Å². The number of hydrogen-bond acceptors (Lipinski definition) is 7. The molecule has 0 unspecified atom stereocenters. The molecule has 0 aliphatic carbocycles. The van der Waals surface area contributed by atoms with Gasteiger partial charge in [-0.1, -0.05) is 0 Å². The highest BCUT2D eigenvalue weighted by atomic mass is 32.2. The molecule has 0 amide bonds. The summed E-state index contributed by atoms with van der Waals surface area (Å²) in [6, 6.07) is 8.04. The topological polar surface area (TPSA) is 36.9 Å². The van der Waals surface area contributed by atoms with E-state index in [4.69, 9.17) is 18.9 Å². The quantitative estimate of drug-likeness (QED) is 0.522. The van der Waals surface area contributed by atoms with Crippen molar-refractivity contribution in [3.63, 3.8) is 0 Å². The van der Waals surface area contributed by atoms with Gasteiger partial charge in [0.15, 0.2) is 0 Å². The summed E-state index contributed by atoms with van der Waals surface area (Å²) in [6.07, 6.45) is 0. The van der Waals surface area contributed by atoms with Crippen molar-refractivity contribution in [3.8, 4) is 23.0 Å². The maximum Gasteiger partial charge on any atom is 0.123 e. The third-order valence-corrected chi connectivity index (χ3v) is 5.93. The smallest absolute Gasteiger partial charge is 0.123 e. The molecule has 0 fully saturated rings. The lowest BCUT2D eigenvalue weighted by molar-refractivity contribution is 0.397. The number of benzene rings is 2. The van der Waals surface area contributed by atoms with Gasteiger partial charge in [-0.25, -0.2) is 0 Å². The number of rotatable bonds is 10. The Morgan fingerprint density at radius 3 is 1.19 bits per heavy atom. The van der Waals surface area contributed by atoms with Crippen LogP contribution in [-0.2, 0) is 23.0 Å². The summed E-state index contributed by atoms with van der Waals surface area (Å²) in [5.41, 5.74) is 4.20. The summed E-state index contributed by atoms with van der Waals surface area (Å²) < 4.78 is 22.0. The van der Waals surface area contributed by atoms with Crippen LogP contribution in [0.2, 0.25) is 0 Å². The molecule has 2 rings (SSSR count). The first-order valence-electron chi connectivity index (χ1n) is 8.38. The number of hydrogen-bond donors (Lipinski definition) is 2. The molecule has 27 heavy (non-hydrogen) atoms. The van der Waals surface area contributed by atoms with Gasteiger partial charge in [-0.3, -0.25) is 0 Å². The SMILES string of the molecule is COc1cc(CSCc2cc(OC)c(CS)cc2OC)c(OC)cc1CS. The van der Waals surface area contributed by atoms with E-state index in [9.17, 15) is 0 Å². The molecule has 0 heterocycles. The molecule has 0 N–H and O–H groups in total. The first-order chi connectivity index (χ1) is 13.1.